The second kappa shape index (κ2) is 10.4. The van der Waals surface area contributed by atoms with Gasteiger partial charge >= 0.3 is 6.18 Å². The largest absolute Gasteiger partial charge is 0.416 e. The van der Waals surface area contributed by atoms with Gasteiger partial charge in [-0.25, -0.2) is 0 Å². The first-order valence-corrected chi connectivity index (χ1v) is 11.0. The van der Waals surface area contributed by atoms with Crippen molar-refractivity contribution in [1.29, 1.82) is 0 Å². The monoisotopic (exact) mass is 470 g/mol. The van der Waals surface area contributed by atoms with Crippen molar-refractivity contribution in [2.45, 2.75) is 22.4 Å². The summed E-state index contributed by atoms with van der Waals surface area (Å²) in [7, 11) is 0. The molecule has 2 aliphatic rings. The fourth-order valence-corrected chi connectivity index (χ4v) is 5.12. The van der Waals surface area contributed by atoms with Crippen molar-refractivity contribution < 1.29 is 18.3 Å². The third-order valence-corrected chi connectivity index (χ3v) is 6.82. The van der Waals surface area contributed by atoms with E-state index in [0.717, 1.165) is 60.1 Å². The SMILES string of the molecule is Cl.OCCN1CCN(CC/C=C2/c3ccccc3Sc3ccc(C(F)(F)F)cc32)CC1. The lowest BCUT2D eigenvalue weighted by atomic mass is 9.94. The van der Waals surface area contributed by atoms with Gasteiger partial charge in [-0.15, -0.1) is 12.4 Å². The molecule has 2 aromatic carbocycles. The van der Waals surface area contributed by atoms with Gasteiger partial charge in [0.15, 0.2) is 0 Å². The fourth-order valence-electron chi connectivity index (χ4n) is 4.04. The van der Waals surface area contributed by atoms with E-state index < -0.39 is 11.7 Å². The number of fused-ring (bicyclic) bond motifs is 2. The molecule has 0 saturated carbocycles. The lowest BCUT2D eigenvalue weighted by Gasteiger charge is -2.34. The maximum Gasteiger partial charge on any atom is 0.416 e. The molecule has 0 aromatic heterocycles. The first kappa shape index (κ1) is 24.1. The van der Waals surface area contributed by atoms with Gasteiger partial charge in [-0.3, -0.25) is 4.90 Å². The molecule has 2 aliphatic heterocycles. The van der Waals surface area contributed by atoms with E-state index in [2.05, 4.69) is 15.9 Å². The Balaban J connectivity index is 0.00000272. The van der Waals surface area contributed by atoms with Crippen molar-refractivity contribution in [3.63, 3.8) is 0 Å². The molecule has 2 aromatic rings. The van der Waals surface area contributed by atoms with Crippen LogP contribution < -0.4 is 0 Å². The number of alkyl halides is 3. The van der Waals surface area contributed by atoms with E-state index in [-0.39, 0.29) is 19.0 Å². The Morgan fingerprint density at radius 3 is 2.23 bits per heavy atom. The average molecular weight is 471 g/mol. The summed E-state index contributed by atoms with van der Waals surface area (Å²) in [5.74, 6) is 0. The zero-order valence-corrected chi connectivity index (χ0v) is 18.7. The number of β-amino-alcohol motifs (C(OH)–C–C–N with tert-alkyl or cyclic N) is 1. The van der Waals surface area contributed by atoms with Gasteiger partial charge in [-0.05, 0) is 47.4 Å². The molecular weight excluding hydrogens is 445 g/mol. The molecule has 3 nitrogen and oxygen atoms in total. The molecule has 0 atom stereocenters. The van der Waals surface area contributed by atoms with Crippen LogP contribution in [-0.2, 0) is 6.18 Å². The van der Waals surface area contributed by atoms with Gasteiger partial charge in [-0.1, -0.05) is 36.0 Å². The molecule has 4 rings (SSSR count). The number of aliphatic hydroxyl groups excluding tert-OH is 1. The lowest BCUT2D eigenvalue weighted by Crippen LogP contribution is -2.47. The minimum Gasteiger partial charge on any atom is -0.395 e. The van der Waals surface area contributed by atoms with Crippen LogP contribution in [0, 0.1) is 0 Å². The molecule has 1 fully saturated rings. The third-order valence-electron chi connectivity index (χ3n) is 5.67. The van der Waals surface area contributed by atoms with Crippen molar-refractivity contribution >= 4 is 29.7 Å². The topological polar surface area (TPSA) is 26.7 Å². The van der Waals surface area contributed by atoms with E-state index in [4.69, 9.17) is 5.11 Å². The van der Waals surface area contributed by atoms with Gasteiger partial charge in [0.25, 0.3) is 0 Å². The minimum absolute atomic E-state index is 0. The van der Waals surface area contributed by atoms with Gasteiger partial charge in [-0.2, -0.15) is 13.2 Å². The molecule has 2 heterocycles. The summed E-state index contributed by atoms with van der Waals surface area (Å²) in [6, 6.07) is 12.0. The minimum atomic E-state index is -4.35. The van der Waals surface area contributed by atoms with Crippen molar-refractivity contribution in [3.05, 3.63) is 65.2 Å². The van der Waals surface area contributed by atoms with Crippen molar-refractivity contribution in [1.82, 2.24) is 9.80 Å². The maximum absolute atomic E-state index is 13.3. The molecule has 31 heavy (non-hydrogen) atoms. The normalized spacial score (nSPS) is 18.4. The van der Waals surface area contributed by atoms with Crippen molar-refractivity contribution in [2.24, 2.45) is 0 Å². The van der Waals surface area contributed by atoms with Crippen LogP contribution in [0.15, 0.2) is 58.3 Å². The maximum atomic E-state index is 13.3. The molecule has 1 N–H and O–H groups in total. The predicted molar refractivity (Wildman–Crippen MR) is 121 cm³/mol. The van der Waals surface area contributed by atoms with E-state index in [1.165, 1.54) is 23.9 Å². The third kappa shape index (κ3) is 5.65. The Kier molecular flexibility index (Phi) is 8.10. The summed E-state index contributed by atoms with van der Waals surface area (Å²) in [4.78, 5) is 6.57. The summed E-state index contributed by atoms with van der Waals surface area (Å²) >= 11 is 1.53. The number of piperazine rings is 1. The van der Waals surface area contributed by atoms with Gasteiger partial charge < -0.3 is 10.0 Å². The highest BCUT2D eigenvalue weighted by molar-refractivity contribution is 7.99. The number of hydrogen-bond acceptors (Lipinski definition) is 4. The molecule has 0 aliphatic carbocycles. The summed E-state index contributed by atoms with van der Waals surface area (Å²) in [5.41, 5.74) is 1.96. The van der Waals surface area contributed by atoms with Gasteiger partial charge in [0.1, 0.15) is 0 Å². The van der Waals surface area contributed by atoms with Crippen LogP contribution in [0.1, 0.15) is 23.1 Å². The summed E-state index contributed by atoms with van der Waals surface area (Å²) < 4.78 is 39.9. The van der Waals surface area contributed by atoms with Crippen LogP contribution in [0.4, 0.5) is 13.2 Å². The molecule has 8 heteroatoms. The predicted octanol–water partition coefficient (Wildman–Crippen LogP) is 5.02. The average Bonchev–Trinajstić information content (AvgIpc) is 2.73. The summed E-state index contributed by atoms with van der Waals surface area (Å²) in [5, 5.41) is 9.06. The highest BCUT2D eigenvalue weighted by Gasteiger charge is 2.32. The standard InChI is InChI=1S/C23H25F3N2OS.ClH/c24-23(25,26)17-7-8-22-20(16-17)18(19-4-1-2-6-21(19)30-22)5-3-9-27-10-12-28(13-11-27)14-15-29;/h1-2,4-8,16,29H,3,9-15H2;1H/b18-5-;. The van der Waals surface area contributed by atoms with Gasteiger partial charge in [0, 0.05) is 49.1 Å². The first-order valence-electron chi connectivity index (χ1n) is 10.2. The Morgan fingerprint density at radius 2 is 1.55 bits per heavy atom. The quantitative estimate of drug-likeness (QED) is 0.566. The van der Waals surface area contributed by atoms with Crippen LogP contribution in [0.3, 0.4) is 0 Å². The van der Waals surface area contributed by atoms with Crippen molar-refractivity contribution in [2.75, 3.05) is 45.9 Å². The lowest BCUT2D eigenvalue weighted by molar-refractivity contribution is -0.137. The number of hydrogen-bond donors (Lipinski definition) is 1. The van der Waals surface area contributed by atoms with E-state index in [1.807, 2.05) is 24.3 Å². The highest BCUT2D eigenvalue weighted by atomic mass is 35.5. The molecule has 1 saturated heterocycles. The Morgan fingerprint density at radius 1 is 0.903 bits per heavy atom. The zero-order valence-electron chi connectivity index (χ0n) is 17.1. The number of halogens is 4. The zero-order chi connectivity index (χ0) is 21.1. The van der Waals surface area contributed by atoms with Crippen LogP contribution >= 0.6 is 24.2 Å². The summed E-state index contributed by atoms with van der Waals surface area (Å²) in [6.45, 7) is 5.55. The number of rotatable bonds is 5. The molecular formula is C23H26ClF3N2OS. The Bertz CT molecular complexity index is 927. The van der Waals surface area contributed by atoms with E-state index in [9.17, 15) is 13.2 Å². The van der Waals surface area contributed by atoms with Crippen LogP contribution in [-0.4, -0.2) is 60.8 Å². The van der Waals surface area contributed by atoms with Crippen LogP contribution in [0.2, 0.25) is 0 Å². The molecule has 0 radical (unpaired) electrons. The second-order valence-electron chi connectivity index (χ2n) is 7.62. The first-order chi connectivity index (χ1) is 14.5. The van der Waals surface area contributed by atoms with E-state index in [1.54, 1.807) is 6.07 Å². The fraction of sp³-hybridized carbons (Fsp3) is 0.391. The molecule has 168 valence electrons. The van der Waals surface area contributed by atoms with Gasteiger partial charge in [0.05, 0.1) is 12.2 Å². The van der Waals surface area contributed by atoms with E-state index in [0.29, 0.717) is 12.1 Å². The van der Waals surface area contributed by atoms with Crippen LogP contribution in [0.5, 0.6) is 0 Å². The second-order valence-corrected chi connectivity index (χ2v) is 8.70. The van der Waals surface area contributed by atoms with Crippen molar-refractivity contribution in [3.8, 4) is 0 Å². The number of nitrogens with zero attached hydrogens (tertiary/aromatic N) is 2. The number of aliphatic hydroxyl groups is 1. The Hall–Kier alpha value is -1.51. The summed E-state index contributed by atoms with van der Waals surface area (Å²) in [6.07, 6.45) is -1.47. The molecule has 0 spiro atoms. The van der Waals surface area contributed by atoms with E-state index >= 15 is 0 Å². The molecule has 0 amide bonds. The molecule has 0 bridgehead atoms. The van der Waals surface area contributed by atoms with Crippen LogP contribution in [0.25, 0.3) is 5.57 Å². The highest BCUT2D eigenvalue weighted by Crippen LogP contribution is 2.47. The van der Waals surface area contributed by atoms with Gasteiger partial charge in [0.2, 0.25) is 0 Å². The molecule has 0 unspecified atom stereocenters. The number of benzene rings is 2. The smallest absolute Gasteiger partial charge is 0.395 e. The Labute approximate surface area is 191 Å².